The van der Waals surface area contributed by atoms with Gasteiger partial charge in [0.25, 0.3) is 5.91 Å². The SMILES string of the molecule is CCN(OC)C(=O)C(C)Br. The smallest absolute Gasteiger partial charge is 0.259 e. The van der Waals surface area contributed by atoms with Crippen LogP contribution in [-0.2, 0) is 9.63 Å². The largest absolute Gasteiger partial charge is 0.274 e. The Morgan fingerprint density at radius 1 is 1.80 bits per heavy atom. The van der Waals surface area contributed by atoms with Crippen LogP contribution in [0, 0.1) is 0 Å². The molecule has 1 amide bonds. The Bertz CT molecular complexity index is 112. The van der Waals surface area contributed by atoms with Gasteiger partial charge in [-0.25, -0.2) is 5.06 Å². The molecule has 0 aliphatic rings. The molecule has 0 rings (SSSR count). The van der Waals surface area contributed by atoms with Crippen molar-refractivity contribution in [1.29, 1.82) is 0 Å². The number of nitrogens with zero attached hydrogens (tertiary/aromatic N) is 1. The lowest BCUT2D eigenvalue weighted by Gasteiger charge is -2.18. The van der Waals surface area contributed by atoms with E-state index >= 15 is 0 Å². The molecule has 0 heterocycles. The first kappa shape index (κ1) is 9.91. The topological polar surface area (TPSA) is 29.5 Å². The van der Waals surface area contributed by atoms with Gasteiger partial charge in [-0.05, 0) is 13.8 Å². The van der Waals surface area contributed by atoms with E-state index in [2.05, 4.69) is 15.9 Å². The van der Waals surface area contributed by atoms with Gasteiger partial charge in [0.15, 0.2) is 0 Å². The van der Waals surface area contributed by atoms with Crippen LogP contribution in [0.3, 0.4) is 0 Å². The van der Waals surface area contributed by atoms with Crippen LogP contribution >= 0.6 is 15.9 Å². The molecule has 1 atom stereocenters. The lowest BCUT2D eigenvalue weighted by molar-refractivity contribution is -0.173. The standard InChI is InChI=1S/C6H12BrNO2/c1-4-8(10-3)6(9)5(2)7/h5H,4H2,1-3H3. The van der Waals surface area contributed by atoms with E-state index in [4.69, 9.17) is 4.84 Å². The van der Waals surface area contributed by atoms with Crippen molar-refractivity contribution < 1.29 is 9.63 Å². The number of amides is 1. The first-order valence-corrected chi connectivity index (χ1v) is 4.04. The van der Waals surface area contributed by atoms with Crippen LogP contribution in [0.2, 0.25) is 0 Å². The summed E-state index contributed by atoms with van der Waals surface area (Å²) < 4.78 is 0. The van der Waals surface area contributed by atoms with Crippen LogP contribution in [0.5, 0.6) is 0 Å². The maximum absolute atomic E-state index is 11.1. The van der Waals surface area contributed by atoms with Crippen molar-refractivity contribution in [3.63, 3.8) is 0 Å². The van der Waals surface area contributed by atoms with Crippen LogP contribution in [0.25, 0.3) is 0 Å². The average Bonchev–Trinajstić information content (AvgIpc) is 1.90. The summed E-state index contributed by atoms with van der Waals surface area (Å²) in [5.41, 5.74) is 0. The van der Waals surface area contributed by atoms with E-state index in [0.29, 0.717) is 6.54 Å². The van der Waals surface area contributed by atoms with Gasteiger partial charge in [-0.15, -0.1) is 0 Å². The second-order valence-electron chi connectivity index (χ2n) is 1.83. The first-order chi connectivity index (χ1) is 4.63. The van der Waals surface area contributed by atoms with Gasteiger partial charge in [0, 0.05) is 6.54 Å². The van der Waals surface area contributed by atoms with Crippen molar-refractivity contribution in [1.82, 2.24) is 5.06 Å². The summed E-state index contributed by atoms with van der Waals surface area (Å²) in [4.78, 5) is 15.7. The molecule has 0 fully saturated rings. The minimum atomic E-state index is -0.174. The number of carbonyl (C=O) groups excluding carboxylic acids is 1. The number of carbonyl (C=O) groups is 1. The lowest BCUT2D eigenvalue weighted by Crippen LogP contribution is -2.34. The maximum atomic E-state index is 11.1. The molecule has 0 aromatic rings. The monoisotopic (exact) mass is 209 g/mol. The highest BCUT2D eigenvalue weighted by atomic mass is 79.9. The average molecular weight is 210 g/mol. The minimum absolute atomic E-state index is 0.0509. The van der Waals surface area contributed by atoms with Gasteiger partial charge >= 0.3 is 0 Å². The highest BCUT2D eigenvalue weighted by molar-refractivity contribution is 9.10. The minimum Gasteiger partial charge on any atom is -0.274 e. The summed E-state index contributed by atoms with van der Waals surface area (Å²) >= 11 is 3.15. The zero-order valence-corrected chi connectivity index (χ0v) is 8.01. The summed E-state index contributed by atoms with van der Waals surface area (Å²) in [5, 5.41) is 1.30. The Balaban J connectivity index is 3.89. The predicted octanol–water partition coefficient (Wildman–Crippen LogP) is 1.18. The number of alkyl halides is 1. The van der Waals surface area contributed by atoms with Gasteiger partial charge in [0.1, 0.15) is 0 Å². The van der Waals surface area contributed by atoms with Crippen LogP contribution in [0.4, 0.5) is 0 Å². The molecule has 1 unspecified atom stereocenters. The van der Waals surface area contributed by atoms with Crippen LogP contribution in [0.15, 0.2) is 0 Å². The molecule has 0 radical (unpaired) electrons. The van der Waals surface area contributed by atoms with Crippen molar-refractivity contribution in [2.24, 2.45) is 0 Å². The van der Waals surface area contributed by atoms with Crippen LogP contribution in [0.1, 0.15) is 13.8 Å². The quantitative estimate of drug-likeness (QED) is 0.517. The van der Waals surface area contributed by atoms with Crippen molar-refractivity contribution in [3.8, 4) is 0 Å². The van der Waals surface area contributed by atoms with Gasteiger partial charge in [-0.1, -0.05) is 15.9 Å². The van der Waals surface area contributed by atoms with Gasteiger partial charge in [0.05, 0.1) is 11.9 Å². The van der Waals surface area contributed by atoms with E-state index in [1.807, 2.05) is 6.92 Å². The summed E-state index contributed by atoms with van der Waals surface area (Å²) in [7, 11) is 1.48. The summed E-state index contributed by atoms with van der Waals surface area (Å²) in [6.07, 6.45) is 0. The van der Waals surface area contributed by atoms with E-state index in [1.54, 1.807) is 6.92 Å². The fraction of sp³-hybridized carbons (Fsp3) is 0.833. The third-order valence-corrected chi connectivity index (χ3v) is 1.49. The molecule has 0 bridgehead atoms. The summed E-state index contributed by atoms with van der Waals surface area (Å²) in [6.45, 7) is 4.20. The third kappa shape index (κ3) is 2.66. The molecular formula is C6H12BrNO2. The predicted molar refractivity (Wildman–Crippen MR) is 42.8 cm³/mol. The van der Waals surface area contributed by atoms with Crippen LogP contribution in [-0.4, -0.2) is 29.5 Å². The fourth-order valence-electron chi connectivity index (χ4n) is 0.573. The number of hydrogen-bond acceptors (Lipinski definition) is 2. The van der Waals surface area contributed by atoms with Crippen LogP contribution < -0.4 is 0 Å². The van der Waals surface area contributed by atoms with Gasteiger partial charge in [-0.3, -0.25) is 9.63 Å². The zero-order valence-electron chi connectivity index (χ0n) is 6.43. The maximum Gasteiger partial charge on any atom is 0.259 e. The molecule has 0 saturated carbocycles. The van der Waals surface area contributed by atoms with E-state index in [9.17, 15) is 4.79 Å². The molecule has 0 N–H and O–H groups in total. The van der Waals surface area contributed by atoms with Gasteiger partial charge in [-0.2, -0.15) is 0 Å². The van der Waals surface area contributed by atoms with E-state index in [-0.39, 0.29) is 10.7 Å². The molecule has 0 aliphatic heterocycles. The van der Waals surface area contributed by atoms with Crippen molar-refractivity contribution in [2.45, 2.75) is 18.7 Å². The number of hydroxylamine groups is 2. The molecule has 0 aromatic carbocycles. The molecule has 0 aromatic heterocycles. The highest BCUT2D eigenvalue weighted by Gasteiger charge is 2.15. The number of hydrogen-bond donors (Lipinski definition) is 0. The molecule has 0 saturated heterocycles. The van der Waals surface area contributed by atoms with Crippen molar-refractivity contribution in [3.05, 3.63) is 0 Å². The molecule has 0 spiro atoms. The fourth-order valence-corrected chi connectivity index (χ4v) is 0.802. The van der Waals surface area contributed by atoms with Crippen molar-refractivity contribution >= 4 is 21.8 Å². The second-order valence-corrected chi connectivity index (χ2v) is 3.21. The highest BCUT2D eigenvalue weighted by Crippen LogP contribution is 2.03. The summed E-state index contributed by atoms with van der Waals surface area (Å²) in [5.74, 6) is -0.0509. The van der Waals surface area contributed by atoms with E-state index < -0.39 is 0 Å². The molecule has 0 aliphatic carbocycles. The first-order valence-electron chi connectivity index (χ1n) is 3.13. The van der Waals surface area contributed by atoms with Gasteiger partial charge in [0.2, 0.25) is 0 Å². The van der Waals surface area contributed by atoms with E-state index in [0.717, 1.165) is 0 Å². The Hall–Kier alpha value is -0.0900. The lowest BCUT2D eigenvalue weighted by atomic mass is 10.4. The molecule has 3 nitrogen and oxygen atoms in total. The summed E-state index contributed by atoms with van der Waals surface area (Å²) in [6, 6.07) is 0. The normalized spacial score (nSPS) is 12.8. The second kappa shape index (κ2) is 4.68. The molecular weight excluding hydrogens is 198 g/mol. The Labute approximate surface area is 69.4 Å². The van der Waals surface area contributed by atoms with Crippen molar-refractivity contribution in [2.75, 3.05) is 13.7 Å². The number of rotatable bonds is 3. The van der Waals surface area contributed by atoms with Gasteiger partial charge < -0.3 is 0 Å². The Morgan fingerprint density at radius 2 is 2.30 bits per heavy atom. The molecule has 60 valence electrons. The third-order valence-electron chi connectivity index (χ3n) is 1.09. The molecule has 10 heavy (non-hydrogen) atoms. The van der Waals surface area contributed by atoms with E-state index in [1.165, 1.54) is 12.2 Å². The molecule has 4 heteroatoms. The Morgan fingerprint density at radius 3 is 2.40 bits per heavy atom. The Kier molecular flexibility index (Phi) is 4.64. The number of halogens is 1. The zero-order chi connectivity index (χ0) is 8.15.